The number of ether oxygens (including phenoxy) is 3. The van der Waals surface area contributed by atoms with Crippen LogP contribution >= 0.6 is 0 Å². The minimum atomic E-state index is -1.38. The molecule has 0 radical (unpaired) electrons. The van der Waals surface area contributed by atoms with E-state index >= 15 is 0 Å². The fourth-order valence-electron chi connectivity index (χ4n) is 2.73. The lowest BCUT2D eigenvalue weighted by Gasteiger charge is -2.17. The molecule has 1 atom stereocenters. The third-order valence-electron chi connectivity index (χ3n) is 3.92. The summed E-state index contributed by atoms with van der Waals surface area (Å²) in [5, 5.41) is 9.38. The van der Waals surface area contributed by atoms with E-state index in [9.17, 15) is 5.26 Å². The number of hydrogen-bond donors (Lipinski definition) is 1. The molecule has 2 aromatic carbocycles. The van der Waals surface area contributed by atoms with Crippen LogP contribution in [0.1, 0.15) is 17.5 Å². The van der Waals surface area contributed by atoms with Crippen LogP contribution in [-0.2, 0) is 4.74 Å². The van der Waals surface area contributed by atoms with Gasteiger partial charge in [-0.3, -0.25) is 5.73 Å². The molecule has 24 heavy (non-hydrogen) atoms. The third-order valence-corrected chi connectivity index (χ3v) is 3.92. The minimum absolute atomic E-state index is 0.308. The zero-order chi connectivity index (χ0) is 17.2. The third kappa shape index (κ3) is 2.92. The zero-order valence-electron chi connectivity index (χ0n) is 13.6. The molecule has 122 valence electrons. The summed E-state index contributed by atoms with van der Waals surface area (Å²) >= 11 is 0. The summed E-state index contributed by atoms with van der Waals surface area (Å²) in [5.41, 5.74) is 7.30. The average Bonchev–Trinajstić information content (AvgIpc) is 3.00. The number of benzene rings is 2. The van der Waals surface area contributed by atoms with E-state index in [2.05, 4.69) is 0 Å². The Hall–Kier alpha value is -2.97. The fraction of sp³-hybridized carbons (Fsp3) is 0.211. The van der Waals surface area contributed by atoms with Crippen molar-refractivity contribution in [2.75, 3.05) is 14.2 Å². The summed E-state index contributed by atoms with van der Waals surface area (Å²) in [4.78, 5) is 0. The summed E-state index contributed by atoms with van der Waals surface area (Å²) in [6.07, 6.45) is 0.308. The van der Waals surface area contributed by atoms with E-state index in [0.29, 0.717) is 23.7 Å². The van der Waals surface area contributed by atoms with E-state index in [1.165, 1.54) is 0 Å². The van der Waals surface area contributed by atoms with E-state index in [-0.39, 0.29) is 0 Å². The van der Waals surface area contributed by atoms with Crippen molar-refractivity contribution >= 4 is 11.3 Å². The Bertz CT molecular complexity index is 802. The highest BCUT2D eigenvalue weighted by molar-refractivity contribution is 5.91. The molecule has 0 aliphatic carbocycles. The molecule has 5 heteroatoms. The van der Waals surface area contributed by atoms with Crippen LogP contribution in [0.4, 0.5) is 0 Å². The van der Waals surface area contributed by atoms with E-state index < -0.39 is 5.72 Å². The molecular weight excluding hydrogens is 304 g/mol. The van der Waals surface area contributed by atoms with Crippen LogP contribution in [0.3, 0.4) is 0 Å². The molecule has 1 heterocycles. The number of nitriles is 1. The summed E-state index contributed by atoms with van der Waals surface area (Å²) in [6.45, 7) is 0. The first kappa shape index (κ1) is 15.9. The Morgan fingerprint density at radius 1 is 1.04 bits per heavy atom. The quantitative estimate of drug-likeness (QED) is 0.935. The molecular formula is C19H18N2O3. The van der Waals surface area contributed by atoms with Gasteiger partial charge in [-0.05, 0) is 17.7 Å². The molecule has 0 bridgehead atoms. The number of nitrogens with zero attached hydrogens (tertiary/aromatic N) is 1. The van der Waals surface area contributed by atoms with Crippen LogP contribution in [0, 0.1) is 11.3 Å². The fourth-order valence-corrected chi connectivity index (χ4v) is 2.73. The van der Waals surface area contributed by atoms with E-state index in [1.807, 2.05) is 48.5 Å². The van der Waals surface area contributed by atoms with Crippen molar-refractivity contribution in [3.63, 3.8) is 0 Å². The van der Waals surface area contributed by atoms with Crippen LogP contribution in [-0.4, -0.2) is 19.9 Å². The highest BCUT2D eigenvalue weighted by Gasteiger charge is 2.39. The Balaban J connectivity index is 2.16. The standard InChI is InChI=1S/C19H18N2O3/c1-22-15-8-14(9-16(10-15)23-2)18-17(11-19(21,12-20)24-18)13-6-4-3-5-7-13/h3-10H,11,21H2,1-2H3. The SMILES string of the molecule is COc1cc(OC)cc(C2=C(c3ccccc3)CC(N)(C#N)O2)c1. The van der Waals surface area contributed by atoms with Gasteiger partial charge in [0.15, 0.2) is 0 Å². The molecule has 2 aromatic rings. The van der Waals surface area contributed by atoms with Gasteiger partial charge in [-0.25, -0.2) is 0 Å². The highest BCUT2D eigenvalue weighted by Crippen LogP contribution is 2.43. The predicted molar refractivity (Wildman–Crippen MR) is 91.0 cm³/mol. The van der Waals surface area contributed by atoms with E-state index in [1.54, 1.807) is 20.3 Å². The molecule has 1 unspecified atom stereocenters. The maximum Gasteiger partial charge on any atom is 0.250 e. The van der Waals surface area contributed by atoms with Gasteiger partial charge in [-0.1, -0.05) is 30.3 Å². The Kier molecular flexibility index (Phi) is 4.15. The van der Waals surface area contributed by atoms with Gasteiger partial charge in [0.25, 0.3) is 5.72 Å². The lowest BCUT2D eigenvalue weighted by molar-refractivity contribution is 0.126. The van der Waals surface area contributed by atoms with Gasteiger partial charge >= 0.3 is 0 Å². The van der Waals surface area contributed by atoms with E-state index in [0.717, 1.165) is 16.7 Å². The Morgan fingerprint density at radius 2 is 1.67 bits per heavy atom. The molecule has 0 fully saturated rings. The van der Waals surface area contributed by atoms with Crippen LogP contribution in [0.5, 0.6) is 11.5 Å². The predicted octanol–water partition coefficient (Wildman–Crippen LogP) is 3.17. The van der Waals surface area contributed by atoms with Gasteiger partial charge in [0.2, 0.25) is 0 Å². The normalized spacial score (nSPS) is 19.6. The first-order valence-electron chi connectivity index (χ1n) is 7.50. The summed E-state index contributed by atoms with van der Waals surface area (Å²) in [6, 6.07) is 17.3. The van der Waals surface area contributed by atoms with Crippen molar-refractivity contribution < 1.29 is 14.2 Å². The van der Waals surface area contributed by atoms with E-state index in [4.69, 9.17) is 19.9 Å². The zero-order valence-corrected chi connectivity index (χ0v) is 13.6. The molecule has 3 rings (SSSR count). The lowest BCUT2D eigenvalue weighted by atomic mass is 9.97. The van der Waals surface area contributed by atoms with Gasteiger partial charge in [0.1, 0.15) is 23.3 Å². The summed E-state index contributed by atoms with van der Waals surface area (Å²) in [5.74, 6) is 1.85. The molecule has 0 saturated carbocycles. The van der Waals surface area contributed by atoms with Crippen LogP contribution in [0.2, 0.25) is 0 Å². The van der Waals surface area contributed by atoms with Crippen molar-refractivity contribution in [2.45, 2.75) is 12.1 Å². The molecule has 2 N–H and O–H groups in total. The van der Waals surface area contributed by atoms with Crippen molar-refractivity contribution in [1.29, 1.82) is 5.26 Å². The van der Waals surface area contributed by atoms with Gasteiger partial charge in [-0.15, -0.1) is 0 Å². The number of methoxy groups -OCH3 is 2. The number of nitrogens with two attached hydrogens (primary N) is 1. The molecule has 0 spiro atoms. The monoisotopic (exact) mass is 322 g/mol. The largest absolute Gasteiger partial charge is 0.497 e. The second kappa shape index (κ2) is 6.26. The topological polar surface area (TPSA) is 77.5 Å². The second-order valence-corrected chi connectivity index (χ2v) is 5.56. The van der Waals surface area contributed by atoms with Crippen molar-refractivity contribution in [2.24, 2.45) is 5.73 Å². The Labute approximate surface area is 140 Å². The van der Waals surface area contributed by atoms with Gasteiger partial charge in [0.05, 0.1) is 14.2 Å². The minimum Gasteiger partial charge on any atom is -0.497 e. The van der Waals surface area contributed by atoms with Crippen molar-refractivity contribution in [3.8, 4) is 17.6 Å². The number of rotatable bonds is 4. The van der Waals surface area contributed by atoms with Crippen LogP contribution in [0.25, 0.3) is 11.3 Å². The maximum atomic E-state index is 9.38. The summed E-state index contributed by atoms with van der Waals surface area (Å²) in [7, 11) is 3.17. The van der Waals surface area contributed by atoms with Crippen LogP contribution in [0.15, 0.2) is 48.5 Å². The van der Waals surface area contributed by atoms with Gasteiger partial charge in [-0.2, -0.15) is 5.26 Å². The highest BCUT2D eigenvalue weighted by atomic mass is 16.5. The smallest absolute Gasteiger partial charge is 0.250 e. The molecule has 5 nitrogen and oxygen atoms in total. The van der Waals surface area contributed by atoms with Gasteiger partial charge < -0.3 is 14.2 Å². The molecule has 1 aliphatic rings. The summed E-state index contributed by atoms with van der Waals surface area (Å²) < 4.78 is 16.5. The van der Waals surface area contributed by atoms with Gasteiger partial charge in [0, 0.05) is 23.6 Å². The first-order chi connectivity index (χ1) is 11.6. The number of hydrogen-bond acceptors (Lipinski definition) is 5. The van der Waals surface area contributed by atoms with Crippen molar-refractivity contribution in [1.82, 2.24) is 0 Å². The van der Waals surface area contributed by atoms with Crippen LogP contribution < -0.4 is 15.2 Å². The molecule has 0 aromatic heterocycles. The Morgan fingerprint density at radius 3 is 2.21 bits per heavy atom. The second-order valence-electron chi connectivity index (χ2n) is 5.56. The molecule has 0 saturated heterocycles. The molecule has 0 amide bonds. The lowest BCUT2D eigenvalue weighted by Crippen LogP contribution is -2.37. The van der Waals surface area contributed by atoms with Crippen molar-refractivity contribution in [3.05, 3.63) is 59.7 Å². The maximum absolute atomic E-state index is 9.38. The average molecular weight is 322 g/mol. The first-order valence-corrected chi connectivity index (χ1v) is 7.50. The molecule has 1 aliphatic heterocycles.